The van der Waals surface area contributed by atoms with Gasteiger partial charge in [-0.25, -0.2) is 26.9 Å². The molecule has 0 unspecified atom stereocenters. The van der Waals surface area contributed by atoms with E-state index >= 15 is 4.39 Å². The van der Waals surface area contributed by atoms with Crippen molar-refractivity contribution in [2.24, 2.45) is 0 Å². The molecule has 9 nitrogen and oxygen atoms in total. The van der Waals surface area contributed by atoms with E-state index in [0.29, 0.717) is 38.9 Å². The van der Waals surface area contributed by atoms with Crippen LogP contribution in [0.25, 0.3) is 5.69 Å². The summed E-state index contributed by atoms with van der Waals surface area (Å²) in [5, 5.41) is 12.5. The number of quaternary nitrogens is 1. The first kappa shape index (κ1) is 39.6. The highest BCUT2D eigenvalue weighted by atomic mass is 35.5. The number of imidazole rings is 1. The molecule has 0 aliphatic heterocycles. The Balaban J connectivity index is 1.61. The predicted molar refractivity (Wildman–Crippen MR) is 190 cm³/mol. The molecule has 0 aliphatic carbocycles. The minimum atomic E-state index is -4.46. The molecule has 0 saturated heterocycles. The fourth-order valence-electron chi connectivity index (χ4n) is 5.34. The van der Waals surface area contributed by atoms with Gasteiger partial charge >= 0.3 is 0 Å². The number of benzene rings is 3. The molecular weight excluding hydrogens is 729 g/mol. The van der Waals surface area contributed by atoms with Gasteiger partial charge < -0.3 is 19.1 Å². The fourth-order valence-corrected chi connectivity index (χ4v) is 8.23. The van der Waals surface area contributed by atoms with Crippen LogP contribution in [0, 0.1) is 11.6 Å². The van der Waals surface area contributed by atoms with Crippen LogP contribution < -0.4 is 14.6 Å². The Morgan fingerprint density at radius 2 is 1.74 bits per heavy atom. The molecule has 0 amide bonds. The lowest BCUT2D eigenvalue weighted by molar-refractivity contribution is -0.870. The maximum atomic E-state index is 15.6. The van der Waals surface area contributed by atoms with Crippen LogP contribution in [0.4, 0.5) is 8.78 Å². The van der Waals surface area contributed by atoms with Crippen molar-refractivity contribution in [3.05, 3.63) is 99.3 Å². The van der Waals surface area contributed by atoms with Crippen LogP contribution in [0.2, 0.25) is 10.0 Å². The lowest BCUT2D eigenvalue weighted by Crippen LogP contribution is -2.47. The number of hydrogen-bond acceptors (Lipinski definition) is 7. The zero-order valence-electron chi connectivity index (χ0n) is 28.6. The molecule has 0 radical (unpaired) electrons. The summed E-state index contributed by atoms with van der Waals surface area (Å²) >= 11 is 13.9. The number of aliphatic carboxylic acids is 1. The van der Waals surface area contributed by atoms with Crippen molar-refractivity contribution in [3.63, 3.8) is 0 Å². The number of methoxy groups -OCH3 is 1. The summed E-state index contributed by atoms with van der Waals surface area (Å²) in [4.78, 5) is 15.9. The van der Waals surface area contributed by atoms with Crippen molar-refractivity contribution < 1.29 is 36.3 Å². The Morgan fingerprint density at radius 1 is 1.06 bits per heavy atom. The molecule has 0 fully saturated rings. The van der Waals surface area contributed by atoms with Gasteiger partial charge in [-0.3, -0.25) is 4.57 Å². The first-order chi connectivity index (χ1) is 23.3. The van der Waals surface area contributed by atoms with Gasteiger partial charge in [0.2, 0.25) is 10.0 Å². The number of unbranched alkanes of at least 4 members (excludes halogenated alkanes) is 1. The smallest absolute Gasteiger partial charge is 0.241 e. The molecule has 15 heteroatoms. The van der Waals surface area contributed by atoms with Crippen molar-refractivity contribution in [3.8, 4) is 11.4 Å². The average molecular weight is 770 g/mol. The van der Waals surface area contributed by atoms with Crippen molar-refractivity contribution >= 4 is 51.0 Å². The first-order valence-electron chi connectivity index (χ1n) is 15.7. The second-order valence-electron chi connectivity index (χ2n) is 13.4. The molecule has 0 aliphatic rings. The summed E-state index contributed by atoms with van der Waals surface area (Å²) in [5.74, 6) is -2.44. The van der Waals surface area contributed by atoms with Crippen LogP contribution in [0.1, 0.15) is 49.9 Å². The van der Waals surface area contributed by atoms with Crippen LogP contribution in [0.3, 0.4) is 0 Å². The number of halogens is 4. The highest BCUT2D eigenvalue weighted by molar-refractivity contribution is 7.98. The quantitative estimate of drug-likeness (QED) is 0.0803. The number of ether oxygens (including phenoxy) is 1. The second-order valence-corrected chi connectivity index (χ2v) is 16.8. The van der Waals surface area contributed by atoms with Gasteiger partial charge in [-0.1, -0.05) is 54.9 Å². The van der Waals surface area contributed by atoms with Crippen molar-refractivity contribution in [1.82, 2.24) is 14.3 Å². The molecule has 0 bridgehead atoms. The molecular formula is C35H40Cl2F2N4O5S2. The summed E-state index contributed by atoms with van der Waals surface area (Å²) in [6.07, 6.45) is 2.82. The number of hydrogen-bond donors (Lipinski definition) is 1. The van der Waals surface area contributed by atoms with E-state index in [1.165, 1.54) is 19.2 Å². The number of nitrogens with zero attached hydrogens (tertiary/aromatic N) is 3. The highest BCUT2D eigenvalue weighted by Crippen LogP contribution is 2.40. The van der Waals surface area contributed by atoms with Crippen molar-refractivity contribution in [1.29, 1.82) is 0 Å². The zero-order chi connectivity index (χ0) is 37.0. The van der Waals surface area contributed by atoms with Gasteiger partial charge in [-0.15, -0.1) is 0 Å². The van der Waals surface area contributed by atoms with Crippen LogP contribution in [-0.4, -0.2) is 69.3 Å². The van der Waals surface area contributed by atoms with E-state index in [1.807, 2.05) is 51.7 Å². The van der Waals surface area contributed by atoms with E-state index in [2.05, 4.69) is 9.71 Å². The van der Waals surface area contributed by atoms with E-state index in [-0.39, 0.29) is 22.8 Å². The summed E-state index contributed by atoms with van der Waals surface area (Å²) in [6, 6.07) is 11.7. The monoisotopic (exact) mass is 768 g/mol. The number of carboxylic acid groups (broad SMARTS) is 1. The molecule has 1 N–H and O–H groups in total. The fraction of sp³-hybridized carbons (Fsp3) is 0.371. The van der Waals surface area contributed by atoms with Gasteiger partial charge in [0.15, 0.2) is 5.16 Å². The first-order valence-corrected chi connectivity index (χ1v) is 18.9. The normalized spacial score (nSPS) is 13.0. The number of carbonyl (C=O) groups excluding carboxylic acids is 1. The summed E-state index contributed by atoms with van der Waals surface area (Å²) in [7, 11) is 3.06. The SMILES string of the molecule is COc1cc(C(C)(C)c2cnc(SCc3c(F)cc(S(=O)(=O)N[C@@H](CCCC[N+](C)(C)C)C(=O)[O-])cc3Cl)n2-c2ccc(F)cc2)ccc1Cl. The Morgan fingerprint density at radius 3 is 2.34 bits per heavy atom. The minimum Gasteiger partial charge on any atom is -0.548 e. The largest absolute Gasteiger partial charge is 0.548 e. The van der Waals surface area contributed by atoms with Gasteiger partial charge in [0.25, 0.3) is 0 Å². The lowest BCUT2D eigenvalue weighted by Gasteiger charge is -2.28. The lowest BCUT2D eigenvalue weighted by atomic mass is 9.81. The third kappa shape index (κ3) is 9.56. The van der Waals surface area contributed by atoms with Gasteiger partial charge in [0.1, 0.15) is 17.4 Å². The minimum absolute atomic E-state index is 0.0115. The third-order valence-corrected chi connectivity index (χ3v) is 11.3. The number of nitrogens with one attached hydrogen (secondary N) is 1. The summed E-state index contributed by atoms with van der Waals surface area (Å²) in [6.45, 7) is 4.75. The van der Waals surface area contributed by atoms with Gasteiger partial charge in [-0.2, -0.15) is 0 Å². The molecule has 50 heavy (non-hydrogen) atoms. The highest BCUT2D eigenvalue weighted by Gasteiger charge is 2.31. The van der Waals surface area contributed by atoms with E-state index in [1.54, 1.807) is 24.4 Å². The van der Waals surface area contributed by atoms with Gasteiger partial charge in [0.05, 0.1) is 68.6 Å². The number of carboxylic acids is 1. The number of rotatable bonds is 16. The number of thioether (sulfide) groups is 1. The number of aromatic nitrogens is 2. The third-order valence-electron chi connectivity index (χ3n) is 8.25. The van der Waals surface area contributed by atoms with Crippen LogP contribution >= 0.6 is 35.0 Å². The Hall–Kier alpha value is -3.20. The van der Waals surface area contributed by atoms with Gasteiger partial charge in [-0.05, 0) is 73.4 Å². The molecule has 1 aromatic heterocycles. The molecule has 3 aromatic carbocycles. The van der Waals surface area contributed by atoms with Gasteiger partial charge in [0, 0.05) is 27.4 Å². The summed E-state index contributed by atoms with van der Waals surface area (Å²) < 4.78 is 65.9. The maximum Gasteiger partial charge on any atom is 0.241 e. The molecule has 4 aromatic rings. The number of sulfonamides is 1. The van der Waals surface area contributed by atoms with Crippen LogP contribution in [0.5, 0.6) is 5.75 Å². The Bertz CT molecular complexity index is 1930. The van der Waals surface area contributed by atoms with E-state index in [0.717, 1.165) is 41.7 Å². The van der Waals surface area contributed by atoms with Crippen molar-refractivity contribution in [2.75, 3.05) is 34.8 Å². The summed E-state index contributed by atoms with van der Waals surface area (Å²) in [5.41, 5.74) is 1.55. The molecule has 1 atom stereocenters. The van der Waals surface area contributed by atoms with Crippen LogP contribution in [0.15, 0.2) is 70.8 Å². The number of carbonyl (C=O) groups is 1. The topological polar surface area (TPSA) is 113 Å². The molecule has 4 rings (SSSR count). The predicted octanol–water partition coefficient (Wildman–Crippen LogP) is 6.36. The van der Waals surface area contributed by atoms with E-state index < -0.39 is 44.0 Å². The second kappa shape index (κ2) is 16.0. The average Bonchev–Trinajstić information content (AvgIpc) is 3.46. The zero-order valence-corrected chi connectivity index (χ0v) is 31.7. The van der Waals surface area contributed by atoms with E-state index in [9.17, 15) is 22.7 Å². The Kier molecular flexibility index (Phi) is 12.7. The maximum absolute atomic E-state index is 15.6. The van der Waals surface area contributed by atoms with Crippen molar-refractivity contribution in [2.45, 2.75) is 60.4 Å². The van der Waals surface area contributed by atoms with Crippen LogP contribution in [-0.2, 0) is 26.0 Å². The molecule has 0 saturated carbocycles. The Labute approximate surface area is 306 Å². The molecule has 270 valence electrons. The van der Waals surface area contributed by atoms with E-state index in [4.69, 9.17) is 27.9 Å². The standard InChI is InChI=1S/C35H40Cl2F2N4O5S2/c1-35(2,22-10-15-27(36)31(17-22)48-6)32-20-40-34(42(32)24-13-11-23(38)12-14-24)49-21-26-28(37)18-25(19-29(26)39)50(46,47)41-30(33(44)45)9-7-8-16-43(3,4)5/h10-15,17-20,30,41H,7-9,16,21H2,1-6H3/t30-/m0/s1. The molecule has 1 heterocycles. The molecule has 0 spiro atoms.